The number of hydrazine groups is 1. The second-order valence-electron chi connectivity index (χ2n) is 5.88. The van der Waals surface area contributed by atoms with Gasteiger partial charge in [0.1, 0.15) is 20.5 Å². The van der Waals surface area contributed by atoms with Crippen LogP contribution >= 0.6 is 27.3 Å². The van der Waals surface area contributed by atoms with E-state index in [1.807, 2.05) is 30.3 Å². The first kappa shape index (κ1) is 21.4. The monoisotopic (exact) mass is 495 g/mol. The standard InChI is InChI=1S/C19H18BrN3O4S2/c1-3-27-15-10-9-14(20)11-16(15)29(25,26)23-22-18(24)17-12(2)21-19(28-17)13-7-5-4-6-8-13/h4-11,23H,3H2,1-2H3,(H,22,24). The molecule has 29 heavy (non-hydrogen) atoms. The zero-order valence-corrected chi connectivity index (χ0v) is 18.8. The molecule has 0 spiro atoms. The predicted molar refractivity (Wildman–Crippen MR) is 115 cm³/mol. The highest BCUT2D eigenvalue weighted by molar-refractivity contribution is 9.10. The maximum atomic E-state index is 12.7. The van der Waals surface area contributed by atoms with E-state index in [4.69, 9.17) is 4.74 Å². The van der Waals surface area contributed by atoms with Crippen LogP contribution in [0.1, 0.15) is 22.3 Å². The number of amides is 1. The number of hydrogen-bond acceptors (Lipinski definition) is 6. The Balaban J connectivity index is 1.79. The summed E-state index contributed by atoms with van der Waals surface area (Å²) in [6, 6.07) is 14.1. The normalized spacial score (nSPS) is 11.3. The molecule has 3 aromatic rings. The smallest absolute Gasteiger partial charge is 0.278 e. The van der Waals surface area contributed by atoms with E-state index in [9.17, 15) is 13.2 Å². The van der Waals surface area contributed by atoms with Crippen molar-refractivity contribution in [1.82, 2.24) is 15.2 Å². The number of aromatic nitrogens is 1. The molecule has 0 fully saturated rings. The molecule has 10 heteroatoms. The molecule has 0 atom stereocenters. The van der Waals surface area contributed by atoms with Gasteiger partial charge in [-0.15, -0.1) is 16.2 Å². The van der Waals surface area contributed by atoms with Crippen molar-refractivity contribution in [3.05, 3.63) is 63.6 Å². The topological polar surface area (TPSA) is 97.4 Å². The summed E-state index contributed by atoms with van der Waals surface area (Å²) in [5, 5.41) is 0.682. The number of thiazole rings is 1. The zero-order chi connectivity index (χ0) is 21.0. The molecule has 0 saturated carbocycles. The molecule has 2 aromatic carbocycles. The third-order valence-electron chi connectivity index (χ3n) is 3.82. The second-order valence-corrected chi connectivity index (χ2v) is 9.45. The average molecular weight is 496 g/mol. The van der Waals surface area contributed by atoms with Crippen LogP contribution in [-0.4, -0.2) is 25.9 Å². The number of sulfonamides is 1. The van der Waals surface area contributed by atoms with Crippen LogP contribution in [0.4, 0.5) is 0 Å². The number of carbonyl (C=O) groups is 1. The number of rotatable bonds is 7. The third kappa shape index (κ3) is 5.02. The van der Waals surface area contributed by atoms with Gasteiger partial charge >= 0.3 is 0 Å². The van der Waals surface area contributed by atoms with Gasteiger partial charge in [0.05, 0.1) is 12.3 Å². The molecule has 0 aliphatic rings. The molecule has 0 bridgehead atoms. The Kier molecular flexibility index (Phi) is 6.68. The number of benzene rings is 2. The molecule has 152 valence electrons. The van der Waals surface area contributed by atoms with Gasteiger partial charge in [0, 0.05) is 10.0 Å². The Hall–Kier alpha value is -2.27. The molecule has 1 aromatic heterocycles. The average Bonchev–Trinajstić information content (AvgIpc) is 3.10. The fraction of sp³-hybridized carbons (Fsp3) is 0.158. The summed E-state index contributed by atoms with van der Waals surface area (Å²) >= 11 is 4.44. The summed E-state index contributed by atoms with van der Waals surface area (Å²) in [7, 11) is -4.05. The molecular weight excluding hydrogens is 478 g/mol. The fourth-order valence-corrected chi connectivity index (χ4v) is 4.99. The maximum absolute atomic E-state index is 12.7. The van der Waals surface area contributed by atoms with Crippen molar-refractivity contribution in [2.45, 2.75) is 18.7 Å². The molecular formula is C19H18BrN3O4S2. The minimum Gasteiger partial charge on any atom is -0.492 e. The number of ether oxygens (including phenoxy) is 1. The van der Waals surface area contributed by atoms with Gasteiger partial charge < -0.3 is 4.74 Å². The Morgan fingerprint density at radius 1 is 1.21 bits per heavy atom. The molecule has 7 nitrogen and oxygen atoms in total. The Morgan fingerprint density at radius 3 is 2.62 bits per heavy atom. The van der Waals surface area contributed by atoms with E-state index in [0.717, 1.165) is 5.56 Å². The van der Waals surface area contributed by atoms with Crippen molar-refractivity contribution in [3.8, 4) is 16.3 Å². The van der Waals surface area contributed by atoms with E-state index in [0.29, 0.717) is 26.7 Å². The van der Waals surface area contributed by atoms with Crippen LogP contribution in [0.5, 0.6) is 5.75 Å². The van der Waals surface area contributed by atoms with E-state index in [1.165, 1.54) is 17.4 Å². The molecule has 2 N–H and O–H groups in total. The van der Waals surface area contributed by atoms with E-state index < -0.39 is 15.9 Å². The molecule has 0 aliphatic carbocycles. The molecule has 1 heterocycles. The SMILES string of the molecule is CCOc1ccc(Br)cc1S(=O)(=O)NNC(=O)c1sc(-c2ccccc2)nc1C. The van der Waals surface area contributed by atoms with Gasteiger partial charge in [-0.3, -0.25) is 10.2 Å². The molecule has 0 saturated heterocycles. The van der Waals surface area contributed by atoms with E-state index >= 15 is 0 Å². The summed E-state index contributed by atoms with van der Waals surface area (Å²) in [6.45, 7) is 3.76. The zero-order valence-electron chi connectivity index (χ0n) is 15.6. The number of nitrogens with zero attached hydrogens (tertiary/aromatic N) is 1. The minimum atomic E-state index is -4.05. The summed E-state index contributed by atoms with van der Waals surface area (Å²) in [5.41, 5.74) is 3.66. The number of nitrogens with one attached hydrogen (secondary N) is 2. The number of carbonyl (C=O) groups excluding carboxylic acids is 1. The number of halogens is 1. The van der Waals surface area contributed by atoms with Crippen LogP contribution in [0, 0.1) is 6.92 Å². The number of hydrogen-bond donors (Lipinski definition) is 2. The predicted octanol–water partition coefficient (Wildman–Crippen LogP) is 3.90. The first-order valence-electron chi connectivity index (χ1n) is 8.59. The molecule has 0 radical (unpaired) electrons. The molecule has 0 aliphatic heterocycles. The van der Waals surface area contributed by atoms with Crippen molar-refractivity contribution in [1.29, 1.82) is 0 Å². The highest BCUT2D eigenvalue weighted by Gasteiger charge is 2.23. The van der Waals surface area contributed by atoms with Crippen molar-refractivity contribution in [2.75, 3.05) is 6.61 Å². The summed E-state index contributed by atoms with van der Waals surface area (Å²) in [6.07, 6.45) is 0. The lowest BCUT2D eigenvalue weighted by molar-refractivity contribution is 0.0948. The van der Waals surface area contributed by atoms with Crippen LogP contribution in [0.25, 0.3) is 10.6 Å². The van der Waals surface area contributed by atoms with Crippen molar-refractivity contribution in [3.63, 3.8) is 0 Å². The fourth-order valence-electron chi connectivity index (χ4n) is 2.50. The first-order valence-corrected chi connectivity index (χ1v) is 11.7. The second kappa shape index (κ2) is 9.04. The van der Waals surface area contributed by atoms with Crippen molar-refractivity contribution >= 4 is 43.2 Å². The van der Waals surface area contributed by atoms with Crippen LogP contribution in [0.15, 0.2) is 57.9 Å². The van der Waals surface area contributed by atoms with Crippen LogP contribution in [0.2, 0.25) is 0 Å². The quantitative estimate of drug-likeness (QED) is 0.484. The molecule has 1 amide bonds. The summed E-state index contributed by atoms with van der Waals surface area (Å²) in [4.78, 5) is 19.3. The highest BCUT2D eigenvalue weighted by Crippen LogP contribution is 2.29. The van der Waals surface area contributed by atoms with Gasteiger partial charge in [0.15, 0.2) is 0 Å². The van der Waals surface area contributed by atoms with Gasteiger partial charge in [-0.1, -0.05) is 46.3 Å². The largest absolute Gasteiger partial charge is 0.492 e. The summed E-state index contributed by atoms with van der Waals surface area (Å²) in [5.74, 6) is -0.392. The Labute approximate surface area is 181 Å². The minimum absolute atomic E-state index is 0.0833. The Bertz CT molecular complexity index is 1130. The first-order chi connectivity index (χ1) is 13.8. The summed E-state index contributed by atoms with van der Waals surface area (Å²) < 4.78 is 31.3. The Morgan fingerprint density at radius 2 is 1.93 bits per heavy atom. The van der Waals surface area contributed by atoms with Gasteiger partial charge in [-0.05, 0) is 32.0 Å². The van der Waals surface area contributed by atoms with Crippen molar-refractivity contribution < 1.29 is 17.9 Å². The lowest BCUT2D eigenvalue weighted by atomic mass is 10.2. The third-order valence-corrected chi connectivity index (χ3v) is 6.78. The number of aryl methyl sites for hydroxylation is 1. The van der Waals surface area contributed by atoms with E-state index in [-0.39, 0.29) is 10.6 Å². The van der Waals surface area contributed by atoms with Crippen LogP contribution in [0.3, 0.4) is 0 Å². The van der Waals surface area contributed by atoms with Gasteiger partial charge in [0.25, 0.3) is 15.9 Å². The molecule has 3 rings (SSSR count). The van der Waals surface area contributed by atoms with Gasteiger partial charge in [-0.25, -0.2) is 13.4 Å². The highest BCUT2D eigenvalue weighted by atomic mass is 79.9. The van der Waals surface area contributed by atoms with Crippen LogP contribution in [-0.2, 0) is 10.0 Å². The maximum Gasteiger partial charge on any atom is 0.278 e. The van der Waals surface area contributed by atoms with Gasteiger partial charge in [-0.2, -0.15) is 0 Å². The lowest BCUT2D eigenvalue weighted by Crippen LogP contribution is -2.41. The molecule has 0 unspecified atom stereocenters. The lowest BCUT2D eigenvalue weighted by Gasteiger charge is -2.12. The van der Waals surface area contributed by atoms with Crippen molar-refractivity contribution in [2.24, 2.45) is 0 Å². The van der Waals surface area contributed by atoms with E-state index in [2.05, 4.69) is 31.2 Å². The van der Waals surface area contributed by atoms with E-state index in [1.54, 1.807) is 26.0 Å². The van der Waals surface area contributed by atoms with Gasteiger partial charge in [0.2, 0.25) is 0 Å². The van der Waals surface area contributed by atoms with Crippen LogP contribution < -0.4 is 15.0 Å².